The van der Waals surface area contributed by atoms with Crippen molar-refractivity contribution in [3.05, 3.63) is 0 Å². The predicted octanol–water partition coefficient (Wildman–Crippen LogP) is -1.16. The summed E-state index contributed by atoms with van der Waals surface area (Å²) in [6.07, 6.45) is 0.0787. The maximum Gasteiger partial charge on any atom is 0.271 e. The van der Waals surface area contributed by atoms with E-state index in [0.29, 0.717) is 26.3 Å². The molecule has 1 unspecified atom stereocenters. The summed E-state index contributed by atoms with van der Waals surface area (Å²) in [5, 5.41) is 9.27. The number of imide groups is 1. The van der Waals surface area contributed by atoms with E-state index in [1.807, 2.05) is 4.90 Å². The third-order valence-corrected chi connectivity index (χ3v) is 2.58. The Morgan fingerprint density at radius 3 is 2.43 bits per heavy atom. The topological polar surface area (TPSA) is 70.1 Å². The molecule has 0 radical (unpaired) electrons. The van der Waals surface area contributed by atoms with E-state index in [1.54, 1.807) is 0 Å². The fraction of sp³-hybridized carbons (Fsp3) is 0.750. The van der Waals surface area contributed by atoms with Crippen molar-refractivity contribution in [1.82, 2.24) is 9.96 Å². The van der Waals surface area contributed by atoms with Crippen LogP contribution in [0.1, 0.15) is 6.42 Å². The number of morpholine rings is 1. The van der Waals surface area contributed by atoms with Gasteiger partial charge in [-0.25, -0.2) is 0 Å². The van der Waals surface area contributed by atoms with Crippen molar-refractivity contribution in [1.29, 1.82) is 0 Å². The Morgan fingerprint density at radius 1 is 1.29 bits per heavy atom. The molecule has 0 aliphatic carbocycles. The quantitative estimate of drug-likeness (QED) is 0.427. The van der Waals surface area contributed by atoms with Gasteiger partial charge in [-0.2, -0.15) is 5.06 Å². The molecule has 2 aliphatic rings. The van der Waals surface area contributed by atoms with Gasteiger partial charge in [0.05, 0.1) is 19.6 Å². The second kappa shape index (κ2) is 3.64. The van der Waals surface area contributed by atoms with E-state index >= 15 is 0 Å². The first-order valence-corrected chi connectivity index (χ1v) is 4.57. The zero-order chi connectivity index (χ0) is 10.1. The molecule has 0 aromatic rings. The summed E-state index contributed by atoms with van der Waals surface area (Å²) < 4.78 is 5.13. The van der Waals surface area contributed by atoms with Gasteiger partial charge in [0.1, 0.15) is 6.04 Å². The summed E-state index contributed by atoms with van der Waals surface area (Å²) in [7, 11) is 0. The molecule has 0 spiro atoms. The van der Waals surface area contributed by atoms with Gasteiger partial charge < -0.3 is 4.74 Å². The van der Waals surface area contributed by atoms with Crippen LogP contribution in [-0.2, 0) is 14.3 Å². The molecular weight excluding hydrogens is 188 g/mol. The number of hydrogen-bond donors (Lipinski definition) is 1. The Balaban J connectivity index is 2.04. The van der Waals surface area contributed by atoms with Crippen molar-refractivity contribution in [3.63, 3.8) is 0 Å². The molecular formula is C8H12N2O4. The number of carbonyl (C=O) groups is 2. The van der Waals surface area contributed by atoms with Crippen LogP contribution in [0.25, 0.3) is 0 Å². The Bertz CT molecular complexity index is 262. The molecule has 0 saturated carbocycles. The Kier molecular flexibility index (Phi) is 2.49. The maximum absolute atomic E-state index is 11.4. The average molecular weight is 200 g/mol. The zero-order valence-electron chi connectivity index (χ0n) is 7.68. The molecule has 1 N–H and O–H groups in total. The number of nitrogens with zero attached hydrogens (tertiary/aromatic N) is 2. The first-order valence-electron chi connectivity index (χ1n) is 4.57. The van der Waals surface area contributed by atoms with Crippen molar-refractivity contribution >= 4 is 11.8 Å². The second-order valence-corrected chi connectivity index (χ2v) is 3.41. The highest BCUT2D eigenvalue weighted by Gasteiger charge is 2.41. The lowest BCUT2D eigenvalue weighted by Gasteiger charge is -2.29. The van der Waals surface area contributed by atoms with Crippen LogP contribution in [0, 0.1) is 0 Å². The van der Waals surface area contributed by atoms with Gasteiger partial charge in [-0.3, -0.25) is 19.7 Å². The molecule has 6 heteroatoms. The summed E-state index contributed by atoms with van der Waals surface area (Å²) >= 11 is 0. The van der Waals surface area contributed by atoms with Gasteiger partial charge in [-0.1, -0.05) is 0 Å². The number of carbonyl (C=O) groups excluding carboxylic acids is 2. The number of hydroxylamine groups is 2. The molecule has 1 atom stereocenters. The summed E-state index contributed by atoms with van der Waals surface area (Å²) in [6, 6.07) is -0.489. The summed E-state index contributed by atoms with van der Waals surface area (Å²) in [4.78, 5) is 24.3. The molecule has 2 saturated heterocycles. The number of amides is 2. The van der Waals surface area contributed by atoms with E-state index in [9.17, 15) is 9.59 Å². The number of rotatable bonds is 1. The summed E-state index contributed by atoms with van der Waals surface area (Å²) in [6.45, 7) is 2.42. The molecule has 2 fully saturated rings. The van der Waals surface area contributed by atoms with Gasteiger partial charge in [0.25, 0.3) is 11.8 Å². The van der Waals surface area contributed by atoms with Crippen molar-refractivity contribution in [2.75, 3.05) is 26.3 Å². The highest BCUT2D eigenvalue weighted by molar-refractivity contribution is 6.04. The van der Waals surface area contributed by atoms with Crippen LogP contribution in [0.3, 0.4) is 0 Å². The number of hydrogen-bond acceptors (Lipinski definition) is 5. The first-order chi connectivity index (χ1) is 6.70. The molecule has 78 valence electrons. The zero-order valence-corrected chi connectivity index (χ0v) is 7.68. The molecule has 14 heavy (non-hydrogen) atoms. The third-order valence-electron chi connectivity index (χ3n) is 2.58. The Morgan fingerprint density at radius 2 is 1.93 bits per heavy atom. The van der Waals surface area contributed by atoms with Crippen LogP contribution < -0.4 is 0 Å². The molecule has 2 rings (SSSR count). The van der Waals surface area contributed by atoms with Crippen molar-refractivity contribution in [3.8, 4) is 0 Å². The smallest absolute Gasteiger partial charge is 0.271 e. The minimum Gasteiger partial charge on any atom is -0.379 e. The SMILES string of the molecule is O=C1CC(N2CCOCC2)C(=O)N1O. The van der Waals surface area contributed by atoms with Crippen molar-refractivity contribution < 1.29 is 19.5 Å². The standard InChI is InChI=1S/C8H12N2O4/c11-7-5-6(8(12)10(7)13)9-1-3-14-4-2-9/h6,13H,1-5H2. The lowest BCUT2D eigenvalue weighted by Crippen LogP contribution is -2.47. The highest BCUT2D eigenvalue weighted by Crippen LogP contribution is 2.17. The molecule has 0 aromatic carbocycles. The molecule has 0 bridgehead atoms. The lowest BCUT2D eigenvalue weighted by atomic mass is 10.2. The van der Waals surface area contributed by atoms with Crippen molar-refractivity contribution in [2.24, 2.45) is 0 Å². The largest absolute Gasteiger partial charge is 0.379 e. The molecule has 2 aliphatic heterocycles. The molecule has 6 nitrogen and oxygen atoms in total. The van der Waals surface area contributed by atoms with Gasteiger partial charge in [0.15, 0.2) is 0 Å². The fourth-order valence-corrected chi connectivity index (χ4v) is 1.78. The first kappa shape index (κ1) is 9.57. The van der Waals surface area contributed by atoms with Gasteiger partial charge in [-0.15, -0.1) is 0 Å². The van der Waals surface area contributed by atoms with E-state index in [1.165, 1.54) is 0 Å². The van der Waals surface area contributed by atoms with Crippen LogP contribution >= 0.6 is 0 Å². The van der Waals surface area contributed by atoms with Crippen LogP contribution in [-0.4, -0.2) is 59.3 Å². The average Bonchev–Trinajstić information content (AvgIpc) is 2.47. The summed E-state index contributed by atoms with van der Waals surface area (Å²) in [5.41, 5.74) is 0. The minimum atomic E-state index is -0.522. The highest BCUT2D eigenvalue weighted by atomic mass is 16.5. The monoisotopic (exact) mass is 200 g/mol. The Labute approximate surface area is 81.0 Å². The van der Waals surface area contributed by atoms with E-state index in [4.69, 9.17) is 9.94 Å². The molecule has 2 heterocycles. The molecule has 2 amide bonds. The van der Waals surface area contributed by atoms with E-state index < -0.39 is 17.9 Å². The fourth-order valence-electron chi connectivity index (χ4n) is 1.78. The second-order valence-electron chi connectivity index (χ2n) is 3.41. The third kappa shape index (κ3) is 1.52. The van der Waals surface area contributed by atoms with Crippen molar-refractivity contribution in [2.45, 2.75) is 12.5 Å². The van der Waals surface area contributed by atoms with Gasteiger partial charge >= 0.3 is 0 Å². The molecule has 0 aromatic heterocycles. The minimum absolute atomic E-state index is 0.0787. The van der Waals surface area contributed by atoms with E-state index in [2.05, 4.69) is 0 Å². The van der Waals surface area contributed by atoms with Gasteiger partial charge in [-0.05, 0) is 0 Å². The van der Waals surface area contributed by atoms with Crippen LogP contribution in [0.4, 0.5) is 0 Å². The summed E-state index contributed by atoms with van der Waals surface area (Å²) in [5.74, 6) is -1.04. The van der Waals surface area contributed by atoms with Crippen LogP contribution in [0.15, 0.2) is 0 Å². The normalized spacial score (nSPS) is 30.1. The predicted molar refractivity (Wildman–Crippen MR) is 44.4 cm³/mol. The maximum atomic E-state index is 11.4. The lowest BCUT2D eigenvalue weighted by molar-refractivity contribution is -0.172. The van der Waals surface area contributed by atoms with Gasteiger partial charge in [0.2, 0.25) is 0 Å². The Hall–Kier alpha value is -0.980. The van der Waals surface area contributed by atoms with E-state index in [-0.39, 0.29) is 11.5 Å². The van der Waals surface area contributed by atoms with Crippen LogP contribution in [0.5, 0.6) is 0 Å². The van der Waals surface area contributed by atoms with E-state index in [0.717, 1.165) is 0 Å². The number of ether oxygens (including phenoxy) is 1. The van der Waals surface area contributed by atoms with Crippen LogP contribution in [0.2, 0.25) is 0 Å². The van der Waals surface area contributed by atoms with Gasteiger partial charge in [0, 0.05) is 13.1 Å².